The van der Waals surface area contributed by atoms with Crippen LogP contribution in [0.15, 0.2) is 200 Å². The average molecular weight is 1090 g/mol. The first-order chi connectivity index (χ1) is 40.1. The maximum atomic E-state index is 13.0. The van der Waals surface area contributed by atoms with Crippen molar-refractivity contribution in [2.24, 2.45) is 0 Å². The van der Waals surface area contributed by atoms with Crippen molar-refractivity contribution in [1.82, 2.24) is 18.3 Å². The molecule has 0 amide bonds. The Labute approximate surface area is 479 Å². The highest BCUT2D eigenvalue weighted by Crippen LogP contribution is 2.54. The topological polar surface area (TPSA) is 47.9 Å². The fourth-order valence-electron chi connectivity index (χ4n) is 13.8. The van der Waals surface area contributed by atoms with Gasteiger partial charge in [-0.3, -0.25) is 0 Å². The number of benzene rings is 11. The molecule has 0 aliphatic rings. The van der Waals surface area contributed by atoms with Gasteiger partial charge in [0.15, 0.2) is 0 Å². The van der Waals surface area contributed by atoms with E-state index in [9.17, 15) is 11.8 Å². The zero-order valence-corrected chi connectivity index (χ0v) is 47.2. The van der Waals surface area contributed by atoms with Crippen LogP contribution in [0.25, 0.3) is 155 Å². The molecule has 0 N–H and O–H groups in total. The first kappa shape index (κ1) is 46.9. The van der Waals surface area contributed by atoms with Crippen LogP contribution in [-0.2, 0) is 5.41 Å². The number of nitriles is 1. The number of nitrogens with zero attached hydrogens (tertiary/aromatic N) is 6. The number of para-hydroxylation sites is 4. The van der Waals surface area contributed by atoms with Crippen molar-refractivity contribution in [3.8, 4) is 28.8 Å². The van der Waals surface area contributed by atoms with Crippen molar-refractivity contribution in [2.45, 2.75) is 40.0 Å². The van der Waals surface area contributed by atoms with Crippen molar-refractivity contribution in [3.05, 3.63) is 234 Å². The van der Waals surface area contributed by atoms with Crippen LogP contribution in [0.1, 0.15) is 43.0 Å². The van der Waals surface area contributed by atoms with Crippen LogP contribution in [0.5, 0.6) is 0 Å². The SMILES string of the molecule is [C-]#[N+]c1c(-n2c3ccccc3c3ccccc32)c(-n2c3cc(C)c(C)cc3c3ccc4c5ccccc5sc4c32)c(-n2c3ccccc3c3ccccc32)c(C#N)c1-n1c2ccc(C(C)(C)C)cc2c2ccc3c4ccccc4sc3c21. The van der Waals surface area contributed by atoms with Crippen LogP contribution in [0.4, 0.5) is 5.69 Å². The van der Waals surface area contributed by atoms with Gasteiger partial charge in [-0.15, -0.1) is 22.7 Å². The Morgan fingerprint density at radius 2 is 0.805 bits per heavy atom. The molecule has 11 aromatic carbocycles. The smallest absolute Gasteiger partial charge is 0.237 e. The largest absolute Gasteiger partial charge is 0.317 e. The van der Waals surface area contributed by atoms with Gasteiger partial charge in [-0.2, -0.15) is 5.26 Å². The Kier molecular flexibility index (Phi) is 9.61. The summed E-state index contributed by atoms with van der Waals surface area (Å²) in [7, 11) is 0. The Bertz CT molecular complexity index is 5550. The summed E-state index contributed by atoms with van der Waals surface area (Å²) in [5.74, 6) is 0. The lowest BCUT2D eigenvalue weighted by atomic mass is 9.86. The van der Waals surface area contributed by atoms with Crippen molar-refractivity contribution in [1.29, 1.82) is 5.26 Å². The first-order valence-corrected chi connectivity index (χ1v) is 29.5. The number of hydrogen-bond donors (Lipinski definition) is 0. The molecule has 0 saturated heterocycles. The van der Waals surface area contributed by atoms with E-state index in [0.29, 0.717) is 28.3 Å². The van der Waals surface area contributed by atoms with Gasteiger partial charge in [0.1, 0.15) is 6.07 Å². The molecule has 0 radical (unpaired) electrons. The molecule has 17 rings (SSSR count). The van der Waals surface area contributed by atoms with Crippen molar-refractivity contribution >= 4 is 156 Å². The van der Waals surface area contributed by atoms with E-state index in [-0.39, 0.29) is 5.41 Å². The monoisotopic (exact) mass is 1080 g/mol. The normalized spacial score (nSPS) is 12.4. The molecule has 0 saturated carbocycles. The highest BCUT2D eigenvalue weighted by molar-refractivity contribution is 7.27. The third kappa shape index (κ3) is 6.15. The molecule has 0 fully saturated rings. The molecule has 386 valence electrons. The summed E-state index contributed by atoms with van der Waals surface area (Å²) in [6.45, 7) is 21.3. The van der Waals surface area contributed by atoms with Gasteiger partial charge in [0.05, 0.1) is 88.4 Å². The summed E-state index contributed by atoms with van der Waals surface area (Å²) in [5.41, 5.74) is 14.6. The molecule has 17 aromatic rings. The fourth-order valence-corrected chi connectivity index (χ4v) is 16.3. The van der Waals surface area contributed by atoms with E-state index < -0.39 is 0 Å². The summed E-state index contributed by atoms with van der Waals surface area (Å²) in [6.07, 6.45) is 0. The number of thiophene rings is 2. The van der Waals surface area contributed by atoms with Crippen LogP contribution in [-0.4, -0.2) is 18.3 Å². The Hall–Kier alpha value is -9.96. The lowest BCUT2D eigenvalue weighted by Crippen LogP contribution is -2.15. The Morgan fingerprint density at radius 3 is 1.29 bits per heavy atom. The van der Waals surface area contributed by atoms with E-state index >= 15 is 0 Å². The van der Waals surface area contributed by atoms with E-state index in [0.717, 1.165) is 119 Å². The van der Waals surface area contributed by atoms with E-state index in [2.05, 4.69) is 259 Å². The third-order valence-corrected chi connectivity index (χ3v) is 20.1. The predicted octanol–water partition coefficient (Wildman–Crippen LogP) is 21.1. The second kappa shape index (κ2) is 16.8. The molecule has 0 bridgehead atoms. The molecule has 8 heteroatoms. The number of aryl methyl sites for hydroxylation is 2. The summed E-state index contributed by atoms with van der Waals surface area (Å²) in [5, 5.41) is 26.3. The third-order valence-electron chi connectivity index (χ3n) is 17.7. The molecule has 0 aliphatic carbocycles. The summed E-state index contributed by atoms with van der Waals surface area (Å²) in [4.78, 5) is 4.95. The van der Waals surface area contributed by atoms with E-state index in [4.69, 9.17) is 4.85 Å². The van der Waals surface area contributed by atoms with Gasteiger partial charge in [-0.1, -0.05) is 160 Å². The van der Waals surface area contributed by atoms with Crippen molar-refractivity contribution in [3.63, 3.8) is 0 Å². The predicted molar refractivity (Wildman–Crippen MR) is 349 cm³/mol. The number of fused-ring (bicyclic) bond motifs is 20. The van der Waals surface area contributed by atoms with Gasteiger partial charge in [0.2, 0.25) is 5.69 Å². The molecule has 0 unspecified atom stereocenters. The fraction of sp³-hybridized carbons (Fsp3) is 0.0811. The standard InChI is InChI=1S/C74H48N6S2/c1-41-37-54-50-32-34-53-49-24-12-18-30-64(49)82-73(53)69(50)80(62(54)38-42(41)2)71-67(77-57-25-13-7-19-44(57)45-20-8-14-26-58(45)77)56(40-75)66(65(76-6)70(71)78-59-27-15-9-21-46(59)47-22-10-16-28-60(47)78)79-61-36-31-43(74(3,4)5)39-55(61)51-33-35-52-48-23-11-17-29-63(48)81-72(52)68(51)79/h7-39H,1-5H3. The van der Waals surface area contributed by atoms with Crippen molar-refractivity contribution in [2.75, 3.05) is 0 Å². The van der Waals surface area contributed by atoms with E-state index in [1.165, 1.54) is 31.3 Å². The maximum absolute atomic E-state index is 13.0. The molecule has 6 nitrogen and oxygen atoms in total. The second-order valence-electron chi connectivity index (χ2n) is 23.1. The van der Waals surface area contributed by atoms with Crippen molar-refractivity contribution < 1.29 is 0 Å². The molecule has 82 heavy (non-hydrogen) atoms. The highest BCUT2D eigenvalue weighted by atomic mass is 32.1. The lowest BCUT2D eigenvalue weighted by Gasteiger charge is -2.27. The quantitative estimate of drug-likeness (QED) is 0.162. The number of hydrogen-bond acceptors (Lipinski definition) is 3. The van der Waals surface area contributed by atoms with Gasteiger partial charge < -0.3 is 18.3 Å². The second-order valence-corrected chi connectivity index (χ2v) is 25.2. The first-order valence-electron chi connectivity index (χ1n) is 27.8. The van der Waals surface area contributed by atoms with Crippen LogP contribution in [0.2, 0.25) is 0 Å². The minimum atomic E-state index is -0.155. The van der Waals surface area contributed by atoms with E-state index in [1.807, 2.05) is 0 Å². The van der Waals surface area contributed by atoms with E-state index in [1.54, 1.807) is 22.7 Å². The van der Waals surface area contributed by atoms with Gasteiger partial charge in [0.25, 0.3) is 0 Å². The zero-order valence-electron chi connectivity index (χ0n) is 45.6. The molecular weight excluding hydrogens is 1040 g/mol. The molecule has 6 aromatic heterocycles. The number of rotatable bonds is 4. The molecule has 0 spiro atoms. The molecule has 6 heterocycles. The minimum absolute atomic E-state index is 0.155. The Morgan fingerprint density at radius 1 is 0.390 bits per heavy atom. The summed E-state index contributed by atoms with van der Waals surface area (Å²) in [6, 6.07) is 75.6. The summed E-state index contributed by atoms with van der Waals surface area (Å²) < 4.78 is 14.1. The van der Waals surface area contributed by atoms with Gasteiger partial charge in [-0.25, -0.2) is 4.85 Å². The zero-order chi connectivity index (χ0) is 55.0. The average Bonchev–Trinajstić information content (AvgIpc) is 2.81. The van der Waals surface area contributed by atoms with Gasteiger partial charge in [0, 0.05) is 74.0 Å². The van der Waals surface area contributed by atoms with Crippen LogP contribution >= 0.6 is 22.7 Å². The van der Waals surface area contributed by atoms with Crippen LogP contribution in [0.3, 0.4) is 0 Å². The number of aromatic nitrogens is 4. The van der Waals surface area contributed by atoms with Crippen LogP contribution < -0.4 is 0 Å². The molecule has 0 atom stereocenters. The minimum Gasteiger partial charge on any atom is -0.317 e. The highest BCUT2D eigenvalue weighted by Gasteiger charge is 2.36. The maximum Gasteiger partial charge on any atom is 0.237 e. The van der Waals surface area contributed by atoms with Gasteiger partial charge >= 0.3 is 0 Å². The molecule has 0 aliphatic heterocycles. The molecular formula is C74H48N6S2. The lowest BCUT2D eigenvalue weighted by molar-refractivity contribution is 0.591. The van der Waals surface area contributed by atoms with Gasteiger partial charge in [-0.05, 0) is 96.6 Å². The Balaban J connectivity index is 1.22. The van der Waals surface area contributed by atoms with Crippen LogP contribution in [0, 0.1) is 31.8 Å². The summed E-state index contributed by atoms with van der Waals surface area (Å²) >= 11 is 3.58.